The predicted octanol–water partition coefficient (Wildman–Crippen LogP) is 5.59. The topological polar surface area (TPSA) is 37.3 Å². The van der Waals surface area contributed by atoms with Gasteiger partial charge in [-0.05, 0) is 41.5 Å². The average Bonchev–Trinajstić information content (AvgIpc) is 2.51. The Bertz CT molecular complexity index is 769. The molecule has 0 amide bonds. The fourth-order valence-corrected chi connectivity index (χ4v) is 2.00. The zero-order valence-corrected chi connectivity index (χ0v) is 12.3. The number of carboxylic acids is 1. The highest BCUT2D eigenvalue weighted by Gasteiger charge is 2.36. The standard InChI is InChI=1S/C17H10F6O2/c18-16(19,20)13-7-11(8-14(9-13)17(21,22)23)2-1-10-3-5-12(6-4-10)15(24)25/h1-9H,(H,24,25)/b2-1-. The van der Waals surface area contributed by atoms with Crippen molar-refractivity contribution in [1.29, 1.82) is 0 Å². The first-order valence-corrected chi connectivity index (χ1v) is 6.78. The van der Waals surface area contributed by atoms with E-state index in [0.717, 1.165) is 6.08 Å². The van der Waals surface area contributed by atoms with E-state index in [1.54, 1.807) is 0 Å². The number of benzene rings is 2. The Hall–Kier alpha value is -2.77. The van der Waals surface area contributed by atoms with Gasteiger partial charge in [-0.25, -0.2) is 4.79 Å². The second kappa shape index (κ2) is 6.62. The molecule has 2 rings (SSSR count). The molecule has 0 spiro atoms. The van der Waals surface area contributed by atoms with Gasteiger partial charge < -0.3 is 5.11 Å². The zero-order valence-electron chi connectivity index (χ0n) is 12.3. The van der Waals surface area contributed by atoms with E-state index in [1.807, 2.05) is 0 Å². The monoisotopic (exact) mass is 360 g/mol. The summed E-state index contributed by atoms with van der Waals surface area (Å²) in [5.74, 6) is -1.15. The van der Waals surface area contributed by atoms with Gasteiger partial charge in [0.2, 0.25) is 0 Å². The Morgan fingerprint density at radius 2 is 1.20 bits per heavy atom. The SMILES string of the molecule is O=C(O)c1ccc(/C=C\c2cc(C(F)(F)F)cc(C(F)(F)F)c2)cc1. The van der Waals surface area contributed by atoms with Crippen molar-refractivity contribution in [1.82, 2.24) is 0 Å². The first-order chi connectivity index (χ1) is 11.5. The molecule has 2 aromatic carbocycles. The van der Waals surface area contributed by atoms with Gasteiger partial charge in [-0.1, -0.05) is 24.3 Å². The van der Waals surface area contributed by atoms with Crippen LogP contribution in [0.25, 0.3) is 12.2 Å². The van der Waals surface area contributed by atoms with Crippen molar-refractivity contribution < 1.29 is 36.2 Å². The molecule has 0 aliphatic rings. The molecule has 0 aromatic heterocycles. The Labute approximate surface area is 138 Å². The summed E-state index contributed by atoms with van der Waals surface area (Å²) in [6.07, 6.45) is -7.43. The van der Waals surface area contributed by atoms with E-state index in [-0.39, 0.29) is 17.2 Å². The summed E-state index contributed by atoms with van der Waals surface area (Å²) in [4.78, 5) is 10.7. The van der Waals surface area contributed by atoms with Gasteiger partial charge in [0.15, 0.2) is 0 Å². The van der Waals surface area contributed by atoms with Gasteiger partial charge in [0.1, 0.15) is 0 Å². The summed E-state index contributed by atoms with van der Waals surface area (Å²) in [6.45, 7) is 0. The predicted molar refractivity (Wildman–Crippen MR) is 78.8 cm³/mol. The molecule has 0 saturated carbocycles. The third-order valence-electron chi connectivity index (χ3n) is 3.24. The largest absolute Gasteiger partial charge is 0.478 e. The van der Waals surface area contributed by atoms with Crippen molar-refractivity contribution in [2.24, 2.45) is 0 Å². The molecule has 0 fully saturated rings. The third-order valence-corrected chi connectivity index (χ3v) is 3.24. The van der Waals surface area contributed by atoms with Crippen molar-refractivity contribution in [2.45, 2.75) is 12.4 Å². The van der Waals surface area contributed by atoms with Gasteiger partial charge in [0.05, 0.1) is 16.7 Å². The maximum atomic E-state index is 12.8. The lowest BCUT2D eigenvalue weighted by Gasteiger charge is -2.12. The van der Waals surface area contributed by atoms with E-state index in [9.17, 15) is 31.1 Å². The molecule has 1 N–H and O–H groups in total. The maximum absolute atomic E-state index is 12.8. The van der Waals surface area contributed by atoms with E-state index >= 15 is 0 Å². The summed E-state index contributed by atoms with van der Waals surface area (Å²) in [5, 5.41) is 8.77. The fourth-order valence-electron chi connectivity index (χ4n) is 2.00. The van der Waals surface area contributed by atoms with E-state index in [0.29, 0.717) is 17.7 Å². The molecule has 0 radical (unpaired) electrons. The quantitative estimate of drug-likeness (QED) is 0.572. The Morgan fingerprint density at radius 3 is 1.60 bits per heavy atom. The van der Waals surface area contributed by atoms with E-state index in [1.165, 1.54) is 30.3 Å². The summed E-state index contributed by atoms with van der Waals surface area (Å²) in [6, 6.07) is 6.59. The van der Waals surface area contributed by atoms with Gasteiger partial charge in [0.25, 0.3) is 0 Å². The summed E-state index contributed by atoms with van der Waals surface area (Å²) < 4.78 is 76.6. The van der Waals surface area contributed by atoms with Crippen LogP contribution in [0.3, 0.4) is 0 Å². The van der Waals surface area contributed by atoms with Crippen LogP contribution in [0.5, 0.6) is 0 Å². The lowest BCUT2D eigenvalue weighted by atomic mass is 10.0. The van der Waals surface area contributed by atoms with Crippen LogP contribution in [0.1, 0.15) is 32.6 Å². The number of halogens is 6. The highest BCUT2D eigenvalue weighted by molar-refractivity contribution is 5.88. The highest BCUT2D eigenvalue weighted by Crippen LogP contribution is 2.36. The molecule has 132 valence electrons. The van der Waals surface area contributed by atoms with Gasteiger partial charge in [-0.3, -0.25) is 0 Å². The zero-order chi connectivity index (χ0) is 18.8. The van der Waals surface area contributed by atoms with Gasteiger partial charge in [-0.15, -0.1) is 0 Å². The highest BCUT2D eigenvalue weighted by atomic mass is 19.4. The summed E-state index contributed by atoms with van der Waals surface area (Å²) in [7, 11) is 0. The number of aromatic carboxylic acids is 1. The molecule has 0 atom stereocenters. The average molecular weight is 360 g/mol. The molecule has 2 aromatic rings. The molecule has 0 bridgehead atoms. The number of hydrogen-bond donors (Lipinski definition) is 1. The van der Waals surface area contributed by atoms with Crippen LogP contribution in [-0.4, -0.2) is 11.1 Å². The van der Waals surface area contributed by atoms with Crippen molar-refractivity contribution in [3.63, 3.8) is 0 Å². The van der Waals surface area contributed by atoms with Crippen LogP contribution in [0.4, 0.5) is 26.3 Å². The lowest BCUT2D eigenvalue weighted by Crippen LogP contribution is -2.11. The molecule has 0 heterocycles. The Kier molecular flexibility index (Phi) is 4.92. The normalized spacial score (nSPS) is 12.6. The summed E-state index contributed by atoms with van der Waals surface area (Å²) in [5.41, 5.74) is -2.64. The Balaban J connectivity index is 2.39. The second-order valence-corrected chi connectivity index (χ2v) is 5.10. The number of carbonyl (C=O) groups is 1. The molecule has 2 nitrogen and oxygen atoms in total. The number of hydrogen-bond acceptors (Lipinski definition) is 1. The van der Waals surface area contributed by atoms with Crippen molar-refractivity contribution in [3.8, 4) is 0 Å². The van der Waals surface area contributed by atoms with Crippen LogP contribution in [0, 0.1) is 0 Å². The van der Waals surface area contributed by atoms with Crippen LogP contribution < -0.4 is 0 Å². The minimum absolute atomic E-state index is 0.00979. The maximum Gasteiger partial charge on any atom is 0.416 e. The molecule has 0 saturated heterocycles. The molecular formula is C17H10F6O2. The first-order valence-electron chi connectivity index (χ1n) is 6.78. The van der Waals surface area contributed by atoms with Gasteiger partial charge in [-0.2, -0.15) is 26.3 Å². The fraction of sp³-hybridized carbons (Fsp3) is 0.118. The van der Waals surface area contributed by atoms with E-state index in [4.69, 9.17) is 5.11 Å². The first kappa shape index (κ1) is 18.6. The van der Waals surface area contributed by atoms with E-state index < -0.39 is 29.4 Å². The van der Waals surface area contributed by atoms with Crippen molar-refractivity contribution >= 4 is 18.1 Å². The van der Waals surface area contributed by atoms with Gasteiger partial charge in [0, 0.05) is 0 Å². The molecule has 0 aliphatic heterocycles. The molecule has 25 heavy (non-hydrogen) atoms. The molecule has 0 aliphatic carbocycles. The second-order valence-electron chi connectivity index (χ2n) is 5.10. The lowest BCUT2D eigenvalue weighted by molar-refractivity contribution is -0.143. The molecule has 8 heteroatoms. The van der Waals surface area contributed by atoms with Crippen molar-refractivity contribution in [2.75, 3.05) is 0 Å². The smallest absolute Gasteiger partial charge is 0.416 e. The number of carboxylic acid groups (broad SMARTS) is 1. The molecular weight excluding hydrogens is 350 g/mol. The summed E-state index contributed by atoms with van der Waals surface area (Å²) >= 11 is 0. The Morgan fingerprint density at radius 1 is 0.760 bits per heavy atom. The van der Waals surface area contributed by atoms with Crippen molar-refractivity contribution in [3.05, 3.63) is 70.3 Å². The van der Waals surface area contributed by atoms with E-state index in [2.05, 4.69) is 0 Å². The van der Waals surface area contributed by atoms with Crippen LogP contribution in [-0.2, 0) is 12.4 Å². The van der Waals surface area contributed by atoms with Gasteiger partial charge >= 0.3 is 18.3 Å². The van der Waals surface area contributed by atoms with Crippen LogP contribution >= 0.6 is 0 Å². The minimum Gasteiger partial charge on any atom is -0.478 e. The van der Waals surface area contributed by atoms with Crippen LogP contribution in [0.2, 0.25) is 0 Å². The van der Waals surface area contributed by atoms with Crippen LogP contribution in [0.15, 0.2) is 42.5 Å². The number of alkyl halides is 6. The minimum atomic E-state index is -4.91. The number of rotatable bonds is 3. The molecule has 0 unspecified atom stereocenters. The third kappa shape index (κ3) is 4.85.